The van der Waals surface area contributed by atoms with Crippen LogP contribution in [0, 0.1) is 17.8 Å². The van der Waals surface area contributed by atoms with Gasteiger partial charge in [-0.05, 0) is 49.9 Å². The molecule has 20 heavy (non-hydrogen) atoms. The highest BCUT2D eigenvalue weighted by Gasteiger charge is 2.40. The van der Waals surface area contributed by atoms with Gasteiger partial charge in [-0.1, -0.05) is 13.3 Å². The monoisotopic (exact) mass is 276 g/mol. The summed E-state index contributed by atoms with van der Waals surface area (Å²) < 4.78 is 2.27. The third-order valence-corrected chi connectivity index (χ3v) is 5.40. The molecule has 0 saturated heterocycles. The van der Waals surface area contributed by atoms with Gasteiger partial charge in [0.15, 0.2) is 0 Å². The van der Waals surface area contributed by atoms with Gasteiger partial charge in [-0.25, -0.2) is 4.98 Å². The first kappa shape index (κ1) is 14.1. The standard InChI is InChI=1S/C16H28N4/c1-2-6-20-7-5-18-16(20)11-15(19-17)10-14-9-12-3-4-13(14)8-12/h5,7,12-15,19H,2-4,6,8-11,17H2,1H3. The Morgan fingerprint density at radius 3 is 3.00 bits per heavy atom. The SMILES string of the molecule is CCCn1ccnc1CC(CC1CC2CCC1C2)NN. The summed E-state index contributed by atoms with van der Waals surface area (Å²) in [5.74, 6) is 9.87. The van der Waals surface area contributed by atoms with Gasteiger partial charge >= 0.3 is 0 Å². The summed E-state index contributed by atoms with van der Waals surface area (Å²) in [5.41, 5.74) is 3.04. The number of hydrazine groups is 1. The van der Waals surface area contributed by atoms with Crippen molar-refractivity contribution in [3.05, 3.63) is 18.2 Å². The lowest BCUT2D eigenvalue weighted by molar-refractivity contribution is 0.275. The molecule has 0 aromatic carbocycles. The number of imidazole rings is 1. The normalized spacial score (nSPS) is 30.0. The van der Waals surface area contributed by atoms with Crippen molar-refractivity contribution in [3.63, 3.8) is 0 Å². The van der Waals surface area contributed by atoms with Gasteiger partial charge in [0.25, 0.3) is 0 Å². The zero-order chi connectivity index (χ0) is 13.9. The van der Waals surface area contributed by atoms with E-state index in [0.717, 1.165) is 37.1 Å². The van der Waals surface area contributed by atoms with Crippen LogP contribution in [0.3, 0.4) is 0 Å². The van der Waals surface area contributed by atoms with Gasteiger partial charge in [0.2, 0.25) is 0 Å². The van der Waals surface area contributed by atoms with E-state index < -0.39 is 0 Å². The minimum absolute atomic E-state index is 0.373. The van der Waals surface area contributed by atoms with E-state index in [1.54, 1.807) is 0 Å². The van der Waals surface area contributed by atoms with Crippen molar-refractivity contribution in [1.29, 1.82) is 0 Å². The van der Waals surface area contributed by atoms with Crippen LogP contribution in [0.15, 0.2) is 12.4 Å². The molecule has 4 unspecified atom stereocenters. The Bertz CT molecular complexity index is 428. The van der Waals surface area contributed by atoms with E-state index in [2.05, 4.69) is 28.1 Å². The van der Waals surface area contributed by atoms with E-state index >= 15 is 0 Å². The van der Waals surface area contributed by atoms with Crippen LogP contribution in [-0.2, 0) is 13.0 Å². The Kier molecular flexibility index (Phi) is 4.41. The smallest absolute Gasteiger partial charge is 0.110 e. The fourth-order valence-corrected chi connectivity index (χ4v) is 4.44. The molecule has 2 aliphatic carbocycles. The first-order chi connectivity index (χ1) is 9.80. The summed E-state index contributed by atoms with van der Waals surface area (Å²) in [5, 5.41) is 0. The Morgan fingerprint density at radius 2 is 2.35 bits per heavy atom. The number of hydrogen-bond acceptors (Lipinski definition) is 3. The lowest BCUT2D eigenvalue weighted by atomic mass is 9.83. The predicted octanol–water partition coefficient (Wildman–Crippen LogP) is 2.49. The molecule has 0 spiro atoms. The molecule has 1 heterocycles. The topological polar surface area (TPSA) is 55.9 Å². The van der Waals surface area contributed by atoms with Crippen LogP contribution in [0.5, 0.6) is 0 Å². The number of rotatable bonds is 7. The number of nitrogens with zero attached hydrogens (tertiary/aromatic N) is 2. The summed E-state index contributed by atoms with van der Waals surface area (Å²) in [4.78, 5) is 4.51. The molecule has 0 aliphatic heterocycles. The molecule has 3 rings (SSSR count). The highest BCUT2D eigenvalue weighted by molar-refractivity contribution is 4.98. The maximum Gasteiger partial charge on any atom is 0.110 e. The highest BCUT2D eigenvalue weighted by atomic mass is 15.2. The van der Waals surface area contributed by atoms with Crippen LogP contribution in [-0.4, -0.2) is 15.6 Å². The fraction of sp³-hybridized carbons (Fsp3) is 0.812. The number of aryl methyl sites for hydroxylation is 1. The largest absolute Gasteiger partial charge is 0.335 e. The average molecular weight is 276 g/mol. The average Bonchev–Trinajstić information content (AvgIpc) is 3.16. The Hall–Kier alpha value is -0.870. The van der Waals surface area contributed by atoms with Crippen LogP contribution in [0.1, 0.15) is 51.3 Å². The number of aromatic nitrogens is 2. The van der Waals surface area contributed by atoms with E-state index in [0.29, 0.717) is 6.04 Å². The van der Waals surface area contributed by atoms with Gasteiger partial charge in [-0.2, -0.15) is 0 Å². The van der Waals surface area contributed by atoms with Crippen molar-refractivity contribution in [1.82, 2.24) is 15.0 Å². The molecular formula is C16H28N4. The molecule has 0 radical (unpaired) electrons. The lowest BCUT2D eigenvalue weighted by Crippen LogP contribution is -2.39. The van der Waals surface area contributed by atoms with Crippen LogP contribution in [0.4, 0.5) is 0 Å². The van der Waals surface area contributed by atoms with Crippen molar-refractivity contribution in [2.45, 2.75) is 64.5 Å². The number of hydrogen-bond donors (Lipinski definition) is 2. The minimum Gasteiger partial charge on any atom is -0.335 e. The zero-order valence-electron chi connectivity index (χ0n) is 12.6. The van der Waals surface area contributed by atoms with Gasteiger partial charge in [0, 0.05) is 31.4 Å². The predicted molar refractivity (Wildman–Crippen MR) is 80.9 cm³/mol. The quantitative estimate of drug-likeness (QED) is 0.594. The van der Waals surface area contributed by atoms with E-state index in [-0.39, 0.29) is 0 Å². The fourth-order valence-electron chi connectivity index (χ4n) is 4.44. The van der Waals surface area contributed by atoms with Crippen molar-refractivity contribution in [2.75, 3.05) is 0 Å². The molecule has 3 N–H and O–H groups in total. The molecule has 2 aliphatic rings. The van der Waals surface area contributed by atoms with Gasteiger partial charge in [0.1, 0.15) is 5.82 Å². The minimum atomic E-state index is 0.373. The number of nitrogens with one attached hydrogen (secondary N) is 1. The van der Waals surface area contributed by atoms with E-state index in [1.165, 1.54) is 37.9 Å². The molecule has 4 nitrogen and oxygen atoms in total. The summed E-state index contributed by atoms with van der Waals surface area (Å²) >= 11 is 0. The molecular weight excluding hydrogens is 248 g/mol. The Labute approximate surface area is 122 Å². The van der Waals surface area contributed by atoms with Crippen molar-refractivity contribution >= 4 is 0 Å². The summed E-state index contributed by atoms with van der Waals surface area (Å²) in [6, 6.07) is 0.373. The van der Waals surface area contributed by atoms with Crippen molar-refractivity contribution < 1.29 is 0 Å². The van der Waals surface area contributed by atoms with Crippen LogP contribution in [0.25, 0.3) is 0 Å². The first-order valence-electron chi connectivity index (χ1n) is 8.26. The summed E-state index contributed by atoms with van der Waals surface area (Å²) in [6.07, 6.45) is 13.2. The molecule has 1 aromatic heterocycles. The highest BCUT2D eigenvalue weighted by Crippen LogP contribution is 2.49. The zero-order valence-corrected chi connectivity index (χ0v) is 12.6. The molecule has 4 atom stereocenters. The van der Waals surface area contributed by atoms with Gasteiger partial charge in [0.05, 0.1) is 0 Å². The molecule has 4 heteroatoms. The third-order valence-electron chi connectivity index (χ3n) is 5.40. The van der Waals surface area contributed by atoms with E-state index in [1.807, 2.05) is 6.20 Å². The van der Waals surface area contributed by atoms with Crippen LogP contribution >= 0.6 is 0 Å². The molecule has 2 saturated carbocycles. The van der Waals surface area contributed by atoms with E-state index in [4.69, 9.17) is 5.84 Å². The number of nitrogens with two attached hydrogens (primary N) is 1. The van der Waals surface area contributed by atoms with Gasteiger partial charge in [-0.15, -0.1) is 0 Å². The second kappa shape index (κ2) is 6.27. The first-order valence-corrected chi connectivity index (χ1v) is 8.26. The maximum absolute atomic E-state index is 5.80. The molecule has 2 fully saturated rings. The summed E-state index contributed by atoms with van der Waals surface area (Å²) in [7, 11) is 0. The van der Waals surface area contributed by atoms with E-state index in [9.17, 15) is 0 Å². The van der Waals surface area contributed by atoms with Crippen LogP contribution in [0.2, 0.25) is 0 Å². The molecule has 0 amide bonds. The lowest BCUT2D eigenvalue weighted by Gasteiger charge is -2.26. The van der Waals surface area contributed by atoms with Gasteiger partial charge < -0.3 is 4.57 Å². The van der Waals surface area contributed by atoms with Crippen LogP contribution < -0.4 is 11.3 Å². The maximum atomic E-state index is 5.80. The van der Waals surface area contributed by atoms with Gasteiger partial charge in [-0.3, -0.25) is 11.3 Å². The third kappa shape index (κ3) is 2.91. The molecule has 2 bridgehead atoms. The summed E-state index contributed by atoms with van der Waals surface area (Å²) in [6.45, 7) is 3.26. The Balaban J connectivity index is 1.58. The Morgan fingerprint density at radius 1 is 1.45 bits per heavy atom. The van der Waals surface area contributed by atoms with Crippen molar-refractivity contribution in [2.24, 2.45) is 23.6 Å². The second-order valence-electron chi connectivity index (χ2n) is 6.78. The molecule has 1 aromatic rings. The second-order valence-corrected chi connectivity index (χ2v) is 6.78. The van der Waals surface area contributed by atoms with Crippen molar-refractivity contribution in [3.8, 4) is 0 Å². The molecule has 112 valence electrons. The number of fused-ring (bicyclic) bond motifs is 2.